The molecule has 1 aromatic rings. The standard InChI is InChI=1S/C11H10ClNO/c12-8-1-3-10-7(5-8)6-9-2-4-11(14)13(9)10/h1,3,5,9H,2,4,6H2. The highest BCUT2D eigenvalue weighted by Gasteiger charge is 2.38. The van der Waals surface area contributed by atoms with Crippen LogP contribution in [0.4, 0.5) is 5.69 Å². The minimum Gasteiger partial charge on any atom is -0.309 e. The normalized spacial score (nSPS) is 23.9. The number of carbonyl (C=O) groups is 1. The molecule has 1 amide bonds. The summed E-state index contributed by atoms with van der Waals surface area (Å²) in [5.41, 5.74) is 2.29. The van der Waals surface area contributed by atoms with Crippen LogP contribution in [0.25, 0.3) is 0 Å². The summed E-state index contributed by atoms with van der Waals surface area (Å²) in [5.74, 6) is 0.260. The molecule has 0 N–H and O–H groups in total. The number of carbonyl (C=O) groups excluding carboxylic acids is 1. The predicted octanol–water partition coefficient (Wildman–Crippen LogP) is 2.39. The third kappa shape index (κ3) is 1.01. The summed E-state index contributed by atoms with van der Waals surface area (Å²) in [6.45, 7) is 0. The molecule has 2 heterocycles. The van der Waals surface area contributed by atoms with Crippen molar-refractivity contribution in [1.82, 2.24) is 0 Å². The highest BCUT2D eigenvalue weighted by Crippen LogP contribution is 2.39. The molecule has 1 aromatic carbocycles. The summed E-state index contributed by atoms with van der Waals surface area (Å²) >= 11 is 5.91. The van der Waals surface area contributed by atoms with E-state index in [-0.39, 0.29) is 5.91 Å². The number of nitrogens with zero attached hydrogens (tertiary/aromatic N) is 1. The summed E-state index contributed by atoms with van der Waals surface area (Å²) in [7, 11) is 0. The first-order valence-electron chi connectivity index (χ1n) is 4.86. The van der Waals surface area contributed by atoms with E-state index in [0.29, 0.717) is 12.5 Å². The van der Waals surface area contributed by atoms with Gasteiger partial charge in [0.15, 0.2) is 0 Å². The van der Waals surface area contributed by atoms with E-state index in [1.807, 2.05) is 23.1 Å². The first kappa shape index (κ1) is 8.30. The fraction of sp³-hybridized carbons (Fsp3) is 0.364. The van der Waals surface area contributed by atoms with Crippen LogP contribution < -0.4 is 4.90 Å². The monoisotopic (exact) mass is 207 g/mol. The van der Waals surface area contributed by atoms with Crippen molar-refractivity contribution in [3.05, 3.63) is 28.8 Å². The largest absolute Gasteiger partial charge is 0.309 e. The molecule has 0 spiro atoms. The summed E-state index contributed by atoms with van der Waals surface area (Å²) in [6.07, 6.45) is 2.67. The van der Waals surface area contributed by atoms with E-state index in [0.717, 1.165) is 23.6 Å². The Morgan fingerprint density at radius 1 is 1.43 bits per heavy atom. The number of hydrogen-bond donors (Lipinski definition) is 0. The van der Waals surface area contributed by atoms with Gasteiger partial charge in [-0.3, -0.25) is 4.79 Å². The second-order valence-corrected chi connectivity index (χ2v) is 4.37. The summed E-state index contributed by atoms with van der Waals surface area (Å²) in [5, 5.41) is 0.761. The number of benzene rings is 1. The van der Waals surface area contributed by atoms with Crippen LogP contribution in [0.2, 0.25) is 5.02 Å². The van der Waals surface area contributed by atoms with Crippen LogP contribution >= 0.6 is 11.6 Å². The lowest BCUT2D eigenvalue weighted by molar-refractivity contribution is -0.117. The Balaban J connectivity index is 2.11. The van der Waals surface area contributed by atoms with Gasteiger partial charge in [0.05, 0.1) is 0 Å². The number of fused-ring (bicyclic) bond motifs is 3. The zero-order chi connectivity index (χ0) is 9.71. The quantitative estimate of drug-likeness (QED) is 0.640. The summed E-state index contributed by atoms with van der Waals surface area (Å²) in [6, 6.07) is 6.19. The number of anilines is 1. The molecule has 0 aromatic heterocycles. The Kier molecular flexibility index (Phi) is 1.62. The second kappa shape index (κ2) is 2.74. The van der Waals surface area contributed by atoms with E-state index < -0.39 is 0 Å². The summed E-state index contributed by atoms with van der Waals surface area (Å²) < 4.78 is 0. The Hall–Kier alpha value is -1.02. The first-order valence-corrected chi connectivity index (χ1v) is 5.24. The van der Waals surface area contributed by atoms with Gasteiger partial charge >= 0.3 is 0 Å². The van der Waals surface area contributed by atoms with E-state index in [9.17, 15) is 4.79 Å². The average molecular weight is 208 g/mol. The first-order chi connectivity index (χ1) is 6.75. The van der Waals surface area contributed by atoms with Crippen molar-refractivity contribution >= 4 is 23.2 Å². The van der Waals surface area contributed by atoms with Crippen molar-refractivity contribution < 1.29 is 4.79 Å². The molecule has 3 rings (SSSR count). The molecule has 0 aliphatic carbocycles. The van der Waals surface area contributed by atoms with Crippen LogP contribution in [0.5, 0.6) is 0 Å². The van der Waals surface area contributed by atoms with Gasteiger partial charge in [0, 0.05) is 23.2 Å². The van der Waals surface area contributed by atoms with E-state index in [1.165, 1.54) is 5.56 Å². The maximum atomic E-state index is 11.6. The minimum absolute atomic E-state index is 0.260. The molecule has 2 aliphatic heterocycles. The highest BCUT2D eigenvalue weighted by atomic mass is 35.5. The molecule has 1 saturated heterocycles. The number of rotatable bonds is 0. The topological polar surface area (TPSA) is 20.3 Å². The lowest BCUT2D eigenvalue weighted by Gasteiger charge is -2.15. The minimum atomic E-state index is 0.260. The van der Waals surface area contributed by atoms with E-state index >= 15 is 0 Å². The van der Waals surface area contributed by atoms with Crippen molar-refractivity contribution in [2.24, 2.45) is 0 Å². The van der Waals surface area contributed by atoms with Crippen molar-refractivity contribution in [1.29, 1.82) is 0 Å². The predicted molar refractivity (Wildman–Crippen MR) is 55.7 cm³/mol. The van der Waals surface area contributed by atoms with Gasteiger partial charge in [-0.05, 0) is 36.6 Å². The second-order valence-electron chi connectivity index (χ2n) is 3.93. The van der Waals surface area contributed by atoms with E-state index in [1.54, 1.807) is 0 Å². The fourth-order valence-electron chi connectivity index (χ4n) is 2.47. The molecule has 0 bridgehead atoms. The Morgan fingerprint density at radius 3 is 3.14 bits per heavy atom. The van der Waals surface area contributed by atoms with Gasteiger partial charge in [-0.1, -0.05) is 11.6 Å². The van der Waals surface area contributed by atoms with Crippen LogP contribution in [-0.2, 0) is 11.2 Å². The molecule has 0 saturated carbocycles. The van der Waals surface area contributed by atoms with Gasteiger partial charge in [0.1, 0.15) is 0 Å². The Bertz CT molecular complexity index is 416. The van der Waals surface area contributed by atoms with Crippen LogP contribution in [0.3, 0.4) is 0 Å². The Morgan fingerprint density at radius 2 is 2.29 bits per heavy atom. The van der Waals surface area contributed by atoms with Gasteiger partial charge in [0.2, 0.25) is 5.91 Å². The van der Waals surface area contributed by atoms with Gasteiger partial charge < -0.3 is 4.90 Å². The lowest BCUT2D eigenvalue weighted by Crippen LogP contribution is -2.28. The third-order valence-corrected chi connectivity index (χ3v) is 3.32. The zero-order valence-electron chi connectivity index (χ0n) is 7.66. The van der Waals surface area contributed by atoms with Crippen molar-refractivity contribution in [3.63, 3.8) is 0 Å². The van der Waals surface area contributed by atoms with E-state index in [4.69, 9.17) is 11.6 Å². The number of halogens is 1. The van der Waals surface area contributed by atoms with Gasteiger partial charge in [-0.2, -0.15) is 0 Å². The van der Waals surface area contributed by atoms with E-state index in [2.05, 4.69) is 0 Å². The third-order valence-electron chi connectivity index (χ3n) is 3.08. The van der Waals surface area contributed by atoms with Crippen LogP contribution in [-0.4, -0.2) is 11.9 Å². The molecular weight excluding hydrogens is 198 g/mol. The van der Waals surface area contributed by atoms with Crippen LogP contribution in [0.1, 0.15) is 18.4 Å². The van der Waals surface area contributed by atoms with Crippen LogP contribution in [0.15, 0.2) is 18.2 Å². The summed E-state index contributed by atoms with van der Waals surface area (Å²) in [4.78, 5) is 13.5. The fourth-order valence-corrected chi connectivity index (χ4v) is 2.67. The van der Waals surface area contributed by atoms with Gasteiger partial charge in [-0.25, -0.2) is 0 Å². The molecule has 1 atom stereocenters. The van der Waals surface area contributed by atoms with Gasteiger partial charge in [0.25, 0.3) is 0 Å². The van der Waals surface area contributed by atoms with Crippen molar-refractivity contribution in [3.8, 4) is 0 Å². The SMILES string of the molecule is O=C1CCC2Cc3cc(Cl)ccc3N12. The average Bonchev–Trinajstić information content (AvgIpc) is 2.66. The zero-order valence-corrected chi connectivity index (χ0v) is 8.42. The van der Waals surface area contributed by atoms with Crippen molar-refractivity contribution in [2.75, 3.05) is 4.90 Å². The van der Waals surface area contributed by atoms with Crippen molar-refractivity contribution in [2.45, 2.75) is 25.3 Å². The lowest BCUT2D eigenvalue weighted by atomic mass is 10.1. The Labute approximate surface area is 87.5 Å². The molecule has 14 heavy (non-hydrogen) atoms. The maximum absolute atomic E-state index is 11.6. The molecule has 1 fully saturated rings. The molecule has 2 aliphatic rings. The molecule has 3 heteroatoms. The van der Waals surface area contributed by atoms with Crippen LogP contribution in [0, 0.1) is 0 Å². The molecular formula is C11H10ClNO. The molecule has 0 radical (unpaired) electrons. The molecule has 2 nitrogen and oxygen atoms in total. The number of hydrogen-bond acceptors (Lipinski definition) is 1. The molecule has 1 unspecified atom stereocenters. The molecule has 72 valence electrons. The number of amides is 1. The maximum Gasteiger partial charge on any atom is 0.227 e. The van der Waals surface area contributed by atoms with Gasteiger partial charge in [-0.15, -0.1) is 0 Å². The highest BCUT2D eigenvalue weighted by molar-refractivity contribution is 6.30. The smallest absolute Gasteiger partial charge is 0.227 e.